The third kappa shape index (κ3) is 3.75. The molecule has 176 valence electrons. The molecule has 4 aromatic rings. The van der Waals surface area contributed by atoms with Crippen LogP contribution in [0.2, 0.25) is 5.02 Å². The number of fused-ring (bicyclic) bond motifs is 3. The van der Waals surface area contributed by atoms with Gasteiger partial charge in [0.15, 0.2) is 0 Å². The van der Waals surface area contributed by atoms with E-state index in [1.54, 1.807) is 7.11 Å². The largest absolute Gasteiger partial charge is 0.497 e. The minimum absolute atomic E-state index is 0.237. The Hall–Kier alpha value is -3.42. The van der Waals surface area contributed by atoms with Crippen LogP contribution in [0.1, 0.15) is 34.4 Å². The predicted octanol–water partition coefficient (Wildman–Crippen LogP) is 6.53. The molecule has 0 bridgehead atoms. The van der Waals surface area contributed by atoms with Gasteiger partial charge in [0.05, 0.1) is 12.8 Å². The normalized spacial score (nSPS) is 18.2. The van der Waals surface area contributed by atoms with E-state index in [1.165, 1.54) is 17.3 Å². The average molecular weight is 503 g/mol. The number of methoxy groups -OCH3 is 1. The number of halogens is 1. The van der Waals surface area contributed by atoms with E-state index in [0.717, 1.165) is 39.5 Å². The van der Waals surface area contributed by atoms with Crippen LogP contribution in [0.25, 0.3) is 5.70 Å². The summed E-state index contributed by atoms with van der Waals surface area (Å²) in [5.41, 5.74) is 6.24. The number of anilines is 1. The lowest BCUT2D eigenvalue weighted by Gasteiger charge is -2.39. The van der Waals surface area contributed by atoms with E-state index in [9.17, 15) is 0 Å². The van der Waals surface area contributed by atoms with E-state index in [1.807, 2.05) is 41.3 Å². The lowest BCUT2D eigenvalue weighted by Crippen LogP contribution is -2.32. The van der Waals surface area contributed by atoms with Crippen LogP contribution in [0.15, 0.2) is 77.5 Å². The van der Waals surface area contributed by atoms with E-state index < -0.39 is 0 Å². The molecular formula is C27H23ClN4O2S. The molecule has 0 saturated heterocycles. The SMILES string of the molecule is COc1ccc([C@@H]2C3=C(Nc4nc(SC)nn42)c2cc(Cl)ccc2O[C@@H]3c2ccc(C)cc2)cc1. The Morgan fingerprint density at radius 1 is 1.03 bits per heavy atom. The van der Waals surface area contributed by atoms with Gasteiger partial charge in [-0.15, -0.1) is 5.10 Å². The highest BCUT2D eigenvalue weighted by Gasteiger charge is 2.41. The molecule has 0 amide bonds. The number of ether oxygens (including phenoxy) is 2. The van der Waals surface area contributed by atoms with Crippen LogP contribution in [0.3, 0.4) is 0 Å². The maximum Gasteiger partial charge on any atom is 0.227 e. The molecule has 8 heteroatoms. The van der Waals surface area contributed by atoms with Gasteiger partial charge in [0, 0.05) is 16.2 Å². The molecule has 35 heavy (non-hydrogen) atoms. The van der Waals surface area contributed by atoms with Gasteiger partial charge in [-0.25, -0.2) is 4.68 Å². The third-order valence-corrected chi connectivity index (χ3v) is 7.18. The summed E-state index contributed by atoms with van der Waals surface area (Å²) < 4.78 is 14.0. The second-order valence-electron chi connectivity index (χ2n) is 8.55. The Balaban J connectivity index is 1.62. The van der Waals surface area contributed by atoms with Crippen molar-refractivity contribution in [2.24, 2.45) is 0 Å². The maximum atomic E-state index is 6.68. The van der Waals surface area contributed by atoms with E-state index >= 15 is 0 Å². The van der Waals surface area contributed by atoms with Crippen LogP contribution in [-0.2, 0) is 0 Å². The number of hydrogen-bond acceptors (Lipinski definition) is 6. The topological polar surface area (TPSA) is 61.2 Å². The van der Waals surface area contributed by atoms with Crippen LogP contribution >= 0.6 is 23.4 Å². The number of benzene rings is 3. The molecule has 0 fully saturated rings. The van der Waals surface area contributed by atoms with E-state index in [4.69, 9.17) is 31.2 Å². The molecule has 0 saturated carbocycles. The van der Waals surface area contributed by atoms with Gasteiger partial charge in [-0.05, 0) is 54.6 Å². The van der Waals surface area contributed by atoms with Crippen LogP contribution in [0.4, 0.5) is 5.95 Å². The standard InChI is InChI=1S/C27H23ClN4O2S/c1-15-4-6-17(7-5-15)25-22-23(20-14-18(28)10-13-21(20)34-25)29-26-30-27(35-3)31-32(26)24(22)16-8-11-19(33-2)12-9-16/h4-14,24-25H,1-3H3,(H,29,30,31)/t24-,25-/m1/s1. The molecule has 3 aromatic carbocycles. The highest BCUT2D eigenvalue weighted by atomic mass is 35.5. The molecule has 0 unspecified atom stereocenters. The predicted molar refractivity (Wildman–Crippen MR) is 139 cm³/mol. The van der Waals surface area contributed by atoms with E-state index in [2.05, 4.69) is 48.6 Å². The zero-order valence-electron chi connectivity index (χ0n) is 19.4. The molecule has 0 spiro atoms. The summed E-state index contributed by atoms with van der Waals surface area (Å²) in [7, 11) is 1.67. The number of aromatic nitrogens is 3. The van der Waals surface area contributed by atoms with Gasteiger partial charge in [0.1, 0.15) is 23.6 Å². The third-order valence-electron chi connectivity index (χ3n) is 6.41. The Morgan fingerprint density at radius 3 is 2.49 bits per heavy atom. The minimum atomic E-state index is -0.325. The first-order valence-electron chi connectivity index (χ1n) is 11.2. The highest BCUT2D eigenvalue weighted by Crippen LogP contribution is 2.51. The Morgan fingerprint density at radius 2 is 1.77 bits per heavy atom. The molecule has 3 heterocycles. The average Bonchev–Trinajstić information content (AvgIpc) is 3.31. The Kier molecular flexibility index (Phi) is 5.46. The summed E-state index contributed by atoms with van der Waals surface area (Å²) >= 11 is 7.95. The first-order chi connectivity index (χ1) is 17.1. The second kappa shape index (κ2) is 8.66. The van der Waals surface area contributed by atoms with Gasteiger partial charge in [-0.3, -0.25) is 0 Å². The molecule has 6 nitrogen and oxygen atoms in total. The zero-order valence-corrected chi connectivity index (χ0v) is 21.0. The fourth-order valence-electron chi connectivity index (χ4n) is 4.69. The molecule has 2 aliphatic rings. The molecule has 1 N–H and O–H groups in total. The zero-order chi connectivity index (χ0) is 24.1. The van der Waals surface area contributed by atoms with E-state index in [-0.39, 0.29) is 12.1 Å². The van der Waals surface area contributed by atoms with E-state index in [0.29, 0.717) is 16.1 Å². The van der Waals surface area contributed by atoms with Crippen molar-refractivity contribution in [1.82, 2.24) is 14.8 Å². The van der Waals surface area contributed by atoms with Crippen molar-refractivity contribution >= 4 is 35.0 Å². The summed E-state index contributed by atoms with van der Waals surface area (Å²) in [6.45, 7) is 2.08. The first kappa shape index (κ1) is 22.1. The number of hydrogen-bond donors (Lipinski definition) is 1. The van der Waals surface area contributed by atoms with Crippen molar-refractivity contribution in [2.75, 3.05) is 18.7 Å². The van der Waals surface area contributed by atoms with Crippen LogP contribution in [-0.4, -0.2) is 28.1 Å². The van der Waals surface area contributed by atoms with Crippen molar-refractivity contribution < 1.29 is 9.47 Å². The van der Waals surface area contributed by atoms with Gasteiger partial charge in [-0.1, -0.05) is 65.3 Å². The molecule has 2 aliphatic heterocycles. The summed E-state index contributed by atoms with van der Waals surface area (Å²) in [6, 6.07) is 22.1. The summed E-state index contributed by atoms with van der Waals surface area (Å²) in [6.07, 6.45) is 1.65. The molecule has 1 aromatic heterocycles. The molecule has 6 rings (SSSR count). The Bertz CT molecular complexity index is 1450. The first-order valence-corrected chi connectivity index (χ1v) is 12.8. The lowest BCUT2D eigenvalue weighted by molar-refractivity contribution is 0.223. The van der Waals surface area contributed by atoms with Crippen LogP contribution in [0, 0.1) is 6.92 Å². The van der Waals surface area contributed by atoms with Gasteiger partial charge in [-0.2, -0.15) is 4.98 Å². The number of rotatable bonds is 4. The fraction of sp³-hybridized carbons (Fsp3) is 0.185. The van der Waals surface area contributed by atoms with Crippen LogP contribution < -0.4 is 14.8 Å². The van der Waals surface area contributed by atoms with Crippen molar-refractivity contribution in [1.29, 1.82) is 0 Å². The van der Waals surface area contributed by atoms with Crippen molar-refractivity contribution in [3.05, 3.63) is 99.6 Å². The number of aryl methyl sites for hydroxylation is 1. The summed E-state index contributed by atoms with van der Waals surface area (Å²) in [5, 5.41) is 9.74. The summed E-state index contributed by atoms with van der Waals surface area (Å²) in [4.78, 5) is 4.75. The number of nitrogens with zero attached hydrogens (tertiary/aromatic N) is 3. The quantitative estimate of drug-likeness (QED) is 0.320. The molecule has 0 aliphatic carbocycles. The fourth-order valence-corrected chi connectivity index (χ4v) is 5.21. The van der Waals surface area contributed by atoms with Gasteiger partial charge < -0.3 is 14.8 Å². The second-order valence-corrected chi connectivity index (χ2v) is 9.76. The number of nitrogens with one attached hydrogen (secondary N) is 1. The molecule has 2 atom stereocenters. The lowest BCUT2D eigenvalue weighted by atomic mass is 9.84. The van der Waals surface area contributed by atoms with Gasteiger partial charge in [0.25, 0.3) is 0 Å². The smallest absolute Gasteiger partial charge is 0.227 e. The van der Waals surface area contributed by atoms with Gasteiger partial charge in [0.2, 0.25) is 11.1 Å². The number of thioether (sulfide) groups is 1. The van der Waals surface area contributed by atoms with Crippen molar-refractivity contribution in [2.45, 2.75) is 24.2 Å². The Labute approximate surface area is 212 Å². The monoisotopic (exact) mass is 502 g/mol. The summed E-state index contributed by atoms with van der Waals surface area (Å²) in [5.74, 6) is 2.26. The molecular weight excluding hydrogens is 480 g/mol. The molecule has 0 radical (unpaired) electrons. The van der Waals surface area contributed by atoms with Crippen LogP contribution in [0.5, 0.6) is 11.5 Å². The minimum Gasteiger partial charge on any atom is -0.497 e. The highest BCUT2D eigenvalue weighted by molar-refractivity contribution is 7.98. The van der Waals surface area contributed by atoms with Gasteiger partial charge >= 0.3 is 0 Å². The van der Waals surface area contributed by atoms with Crippen molar-refractivity contribution in [3.8, 4) is 11.5 Å². The maximum absolute atomic E-state index is 6.68. The van der Waals surface area contributed by atoms with Crippen molar-refractivity contribution in [3.63, 3.8) is 0 Å².